The van der Waals surface area contributed by atoms with Crippen molar-refractivity contribution >= 4 is 28.5 Å². The zero-order chi connectivity index (χ0) is 35.2. The van der Waals surface area contributed by atoms with Gasteiger partial charge in [0.1, 0.15) is 11.9 Å². The maximum atomic E-state index is 13.9. The summed E-state index contributed by atoms with van der Waals surface area (Å²) in [6, 6.07) is 14.0. The summed E-state index contributed by atoms with van der Waals surface area (Å²) in [7, 11) is 6.69. The third-order valence-corrected chi connectivity index (χ3v) is 9.48. The van der Waals surface area contributed by atoms with Crippen LogP contribution in [-0.4, -0.2) is 55.3 Å². The van der Waals surface area contributed by atoms with Crippen LogP contribution in [0.2, 0.25) is 0 Å². The highest BCUT2D eigenvalue weighted by Crippen LogP contribution is 2.50. The minimum atomic E-state index is -0.645. The lowest BCUT2D eigenvalue weighted by molar-refractivity contribution is -0.123. The van der Waals surface area contributed by atoms with E-state index in [0.29, 0.717) is 48.6 Å². The monoisotopic (exact) mass is 669 g/mol. The molecular weight excluding hydrogens is 622 g/mol. The molecule has 260 valence electrons. The minimum absolute atomic E-state index is 0.0627. The van der Waals surface area contributed by atoms with Gasteiger partial charge in [0.05, 0.1) is 44.1 Å². The number of imidazole rings is 1. The molecule has 0 saturated heterocycles. The van der Waals surface area contributed by atoms with E-state index in [2.05, 4.69) is 20.5 Å². The number of hydrogen-bond acceptors (Lipinski definition) is 8. The van der Waals surface area contributed by atoms with Gasteiger partial charge in [-0.15, -0.1) is 0 Å². The van der Waals surface area contributed by atoms with Crippen molar-refractivity contribution in [3.05, 3.63) is 75.7 Å². The highest BCUT2D eigenvalue weighted by Gasteiger charge is 2.30. The molecule has 3 aromatic carbocycles. The van der Waals surface area contributed by atoms with E-state index >= 15 is 0 Å². The van der Waals surface area contributed by atoms with Crippen LogP contribution in [0.25, 0.3) is 22.2 Å². The molecule has 0 radical (unpaired) electrons. The van der Waals surface area contributed by atoms with Gasteiger partial charge in [-0.1, -0.05) is 38.5 Å². The fourth-order valence-electron chi connectivity index (χ4n) is 6.68. The van der Waals surface area contributed by atoms with E-state index < -0.39 is 12.1 Å². The third kappa shape index (κ3) is 7.35. The SMILES string of the molecule is CC[C@@H](C)[C@H](Nc1ccc2c(cc1=O)[C@@H](NC(C)=O)CCc1cc(OC)c(OC)c(OC)c1-2)C(=O)NCCCc1nc2ccccc2n1C. The molecule has 0 saturated carbocycles. The first-order valence-electron chi connectivity index (χ1n) is 16.8. The summed E-state index contributed by atoms with van der Waals surface area (Å²) in [5.41, 5.74) is 5.11. The van der Waals surface area contributed by atoms with Crippen molar-refractivity contribution in [3.63, 3.8) is 0 Å². The molecule has 1 aliphatic carbocycles. The molecule has 11 nitrogen and oxygen atoms in total. The van der Waals surface area contributed by atoms with E-state index in [0.717, 1.165) is 46.4 Å². The number of anilines is 1. The first-order valence-corrected chi connectivity index (χ1v) is 16.8. The Bertz CT molecular complexity index is 1900. The van der Waals surface area contributed by atoms with E-state index in [1.54, 1.807) is 33.5 Å². The highest BCUT2D eigenvalue weighted by molar-refractivity contribution is 5.86. The average Bonchev–Trinajstić information content (AvgIpc) is 3.23. The summed E-state index contributed by atoms with van der Waals surface area (Å²) < 4.78 is 19.3. The van der Waals surface area contributed by atoms with Crippen LogP contribution in [-0.2, 0) is 29.5 Å². The molecular formula is C38H47N5O6. The van der Waals surface area contributed by atoms with Crippen LogP contribution >= 0.6 is 0 Å². The number of hydrogen-bond donors (Lipinski definition) is 3. The standard InChI is InChI=1S/C38H47N5O6/c1-8-22(2)35(38(46)39-19-11-14-33-41-28-12-9-10-13-30(28)43(33)4)42-29-18-16-25-26(21-31(29)45)27(40-23(3)44)17-15-24-20-32(47-5)36(48-6)37(49-7)34(24)25/h9-10,12-13,16,18,20-22,27,35H,8,11,14-15,17,19H2,1-7H3,(H,39,46)(H,40,44)(H,42,45)/t22-,27+,35+/m1/s1. The minimum Gasteiger partial charge on any atom is -0.493 e. The van der Waals surface area contributed by atoms with Gasteiger partial charge < -0.3 is 34.7 Å². The predicted molar refractivity (Wildman–Crippen MR) is 192 cm³/mol. The molecule has 0 fully saturated rings. The zero-order valence-corrected chi connectivity index (χ0v) is 29.4. The molecule has 3 atom stereocenters. The number of methoxy groups -OCH3 is 3. The normalized spacial score (nSPS) is 14.9. The number of rotatable bonds is 13. The van der Waals surface area contributed by atoms with Gasteiger partial charge in [0.15, 0.2) is 11.5 Å². The second-order valence-electron chi connectivity index (χ2n) is 12.6. The number of fused-ring (bicyclic) bond motifs is 4. The summed E-state index contributed by atoms with van der Waals surface area (Å²) in [6.45, 7) is 5.95. The predicted octanol–water partition coefficient (Wildman–Crippen LogP) is 5.33. The van der Waals surface area contributed by atoms with Crippen LogP contribution in [0, 0.1) is 5.92 Å². The first-order chi connectivity index (χ1) is 23.6. The lowest BCUT2D eigenvalue weighted by Gasteiger charge is -2.24. The Kier molecular flexibility index (Phi) is 11.1. The van der Waals surface area contributed by atoms with Crippen molar-refractivity contribution in [1.82, 2.24) is 20.2 Å². The van der Waals surface area contributed by atoms with E-state index in [9.17, 15) is 14.4 Å². The fourth-order valence-corrected chi connectivity index (χ4v) is 6.68. The van der Waals surface area contributed by atoms with Crippen LogP contribution in [0.3, 0.4) is 0 Å². The molecule has 11 heteroatoms. The van der Waals surface area contributed by atoms with Gasteiger partial charge in [0, 0.05) is 32.5 Å². The van der Waals surface area contributed by atoms with Crippen molar-refractivity contribution in [2.75, 3.05) is 33.2 Å². The Morgan fingerprint density at radius 3 is 2.47 bits per heavy atom. The molecule has 49 heavy (non-hydrogen) atoms. The van der Waals surface area contributed by atoms with Crippen LogP contribution in [0.1, 0.15) is 63.0 Å². The number of ether oxygens (including phenoxy) is 3. The van der Waals surface area contributed by atoms with Gasteiger partial charge in [-0.3, -0.25) is 14.4 Å². The summed E-state index contributed by atoms with van der Waals surface area (Å²) in [5.74, 6) is 1.96. The quantitative estimate of drug-likeness (QED) is 0.163. The number of benzene rings is 2. The number of amides is 2. The van der Waals surface area contributed by atoms with Crippen LogP contribution < -0.4 is 35.6 Å². The van der Waals surface area contributed by atoms with Crippen LogP contribution in [0.5, 0.6) is 17.2 Å². The van der Waals surface area contributed by atoms with E-state index in [4.69, 9.17) is 19.2 Å². The molecule has 0 bridgehead atoms. The van der Waals surface area contributed by atoms with Crippen LogP contribution in [0.15, 0.2) is 53.3 Å². The largest absolute Gasteiger partial charge is 0.493 e. The maximum absolute atomic E-state index is 13.9. The Hall–Kier alpha value is -5.06. The van der Waals surface area contributed by atoms with Gasteiger partial charge in [-0.2, -0.15) is 0 Å². The number of aryl methyl sites for hydroxylation is 3. The van der Waals surface area contributed by atoms with Gasteiger partial charge in [0.25, 0.3) is 0 Å². The number of carbonyl (C=O) groups is 2. The van der Waals surface area contributed by atoms with Crippen molar-refractivity contribution < 1.29 is 23.8 Å². The third-order valence-electron chi connectivity index (χ3n) is 9.48. The van der Waals surface area contributed by atoms with Crippen LogP contribution in [0.4, 0.5) is 5.69 Å². The summed E-state index contributed by atoms with van der Waals surface area (Å²) in [5, 5.41) is 9.40. The molecule has 1 aliphatic rings. The van der Waals surface area contributed by atoms with E-state index in [1.165, 1.54) is 6.92 Å². The number of para-hydroxylation sites is 2. The highest BCUT2D eigenvalue weighted by atomic mass is 16.5. The Morgan fingerprint density at radius 2 is 1.80 bits per heavy atom. The maximum Gasteiger partial charge on any atom is 0.242 e. The summed E-state index contributed by atoms with van der Waals surface area (Å²) >= 11 is 0. The second-order valence-corrected chi connectivity index (χ2v) is 12.6. The Morgan fingerprint density at radius 1 is 1.04 bits per heavy atom. The summed E-state index contributed by atoms with van der Waals surface area (Å²) in [4.78, 5) is 44.6. The van der Waals surface area contributed by atoms with Gasteiger partial charge in [-0.25, -0.2) is 4.98 Å². The van der Waals surface area contributed by atoms with E-state index in [1.807, 2.05) is 57.3 Å². The van der Waals surface area contributed by atoms with Gasteiger partial charge in [0.2, 0.25) is 23.0 Å². The van der Waals surface area contributed by atoms with Crippen molar-refractivity contribution in [3.8, 4) is 28.4 Å². The molecule has 0 spiro atoms. The van der Waals surface area contributed by atoms with Crippen molar-refractivity contribution in [2.24, 2.45) is 13.0 Å². The molecule has 0 aliphatic heterocycles. The van der Waals surface area contributed by atoms with E-state index in [-0.39, 0.29) is 28.8 Å². The van der Waals surface area contributed by atoms with Crippen molar-refractivity contribution in [2.45, 2.75) is 65.0 Å². The lowest BCUT2D eigenvalue weighted by atomic mass is 9.95. The molecule has 2 amide bonds. The molecule has 1 aromatic heterocycles. The molecule has 1 heterocycles. The lowest BCUT2D eigenvalue weighted by Crippen LogP contribution is -2.44. The number of nitrogens with one attached hydrogen (secondary N) is 3. The topological polar surface area (TPSA) is 133 Å². The van der Waals surface area contributed by atoms with Crippen molar-refractivity contribution in [1.29, 1.82) is 0 Å². The number of nitrogens with zero attached hydrogens (tertiary/aromatic N) is 2. The fraction of sp³-hybridized carbons (Fsp3) is 0.421. The average molecular weight is 670 g/mol. The van der Waals surface area contributed by atoms with Gasteiger partial charge >= 0.3 is 0 Å². The molecule has 0 unspecified atom stereocenters. The Balaban J connectivity index is 1.45. The van der Waals surface area contributed by atoms with Gasteiger partial charge in [-0.05, 0) is 72.2 Å². The number of carbonyl (C=O) groups excluding carboxylic acids is 2. The second kappa shape index (κ2) is 15.4. The zero-order valence-electron chi connectivity index (χ0n) is 29.4. The Labute approximate surface area is 287 Å². The molecule has 5 rings (SSSR count). The summed E-state index contributed by atoms with van der Waals surface area (Å²) in [6.07, 6.45) is 3.31. The number of aromatic nitrogens is 2. The molecule has 3 N–H and O–H groups in total. The first kappa shape index (κ1) is 35.3. The molecule has 4 aromatic rings. The smallest absolute Gasteiger partial charge is 0.242 e.